The summed E-state index contributed by atoms with van der Waals surface area (Å²) in [5.41, 5.74) is 3.65. The summed E-state index contributed by atoms with van der Waals surface area (Å²) in [5.74, 6) is 1.28. The normalized spacial score (nSPS) is 10.9. The van der Waals surface area contributed by atoms with Gasteiger partial charge >= 0.3 is 0 Å². The van der Waals surface area contributed by atoms with Gasteiger partial charge < -0.3 is 10.1 Å². The number of fused-ring (bicyclic) bond motifs is 1. The first kappa shape index (κ1) is 20.8. The number of carbonyl (C=O) groups is 1. The van der Waals surface area contributed by atoms with Gasteiger partial charge in [-0.15, -0.1) is 10.2 Å². The third kappa shape index (κ3) is 4.75. The largest absolute Gasteiger partial charge is 0.489 e. The van der Waals surface area contributed by atoms with E-state index < -0.39 is 0 Å². The Morgan fingerprint density at radius 1 is 0.970 bits per heavy atom. The fourth-order valence-corrected chi connectivity index (χ4v) is 4.24. The molecule has 164 valence electrons. The first-order chi connectivity index (χ1) is 16.2. The summed E-state index contributed by atoms with van der Waals surface area (Å²) in [5, 5.41) is 16.5. The van der Waals surface area contributed by atoms with Gasteiger partial charge in [0.25, 0.3) is 5.91 Å². The number of nitrogens with zero attached hydrogens (tertiary/aromatic N) is 4. The lowest BCUT2D eigenvalue weighted by Crippen LogP contribution is -2.22. The first-order valence-corrected chi connectivity index (χ1v) is 11.3. The highest BCUT2D eigenvalue weighted by molar-refractivity contribution is 7.19. The van der Waals surface area contributed by atoms with Crippen molar-refractivity contribution in [1.29, 1.82) is 0 Å². The fourth-order valence-electron chi connectivity index (χ4n) is 3.35. The van der Waals surface area contributed by atoms with Crippen molar-refractivity contribution >= 4 is 22.2 Å². The van der Waals surface area contributed by atoms with Crippen molar-refractivity contribution in [2.45, 2.75) is 20.1 Å². The topological polar surface area (TPSA) is 81.4 Å². The summed E-state index contributed by atoms with van der Waals surface area (Å²) in [6, 6.07) is 25.1. The van der Waals surface area contributed by atoms with Gasteiger partial charge in [0.1, 0.15) is 17.4 Å². The fraction of sp³-hybridized carbons (Fsp3) is 0.120. The van der Waals surface area contributed by atoms with E-state index in [0.29, 0.717) is 24.5 Å². The lowest BCUT2D eigenvalue weighted by Gasteiger charge is -2.09. The van der Waals surface area contributed by atoms with Crippen molar-refractivity contribution < 1.29 is 9.53 Å². The van der Waals surface area contributed by atoms with E-state index in [9.17, 15) is 4.79 Å². The van der Waals surface area contributed by atoms with Gasteiger partial charge in [0, 0.05) is 17.7 Å². The van der Waals surface area contributed by atoms with E-state index in [4.69, 9.17) is 4.74 Å². The Hall–Kier alpha value is -4.04. The highest BCUT2D eigenvalue weighted by Gasteiger charge is 2.11. The van der Waals surface area contributed by atoms with E-state index in [1.54, 1.807) is 16.6 Å². The van der Waals surface area contributed by atoms with Crippen molar-refractivity contribution in [2.75, 3.05) is 0 Å². The molecule has 0 unspecified atom stereocenters. The number of carbonyl (C=O) groups excluding carboxylic acids is 1. The van der Waals surface area contributed by atoms with Crippen molar-refractivity contribution in [1.82, 2.24) is 25.1 Å². The Balaban J connectivity index is 1.19. The molecule has 33 heavy (non-hydrogen) atoms. The van der Waals surface area contributed by atoms with Crippen LogP contribution in [0.3, 0.4) is 0 Å². The molecule has 0 radical (unpaired) electrons. The van der Waals surface area contributed by atoms with Crippen LogP contribution in [0.15, 0.2) is 78.9 Å². The number of nitrogens with one attached hydrogen (secondary N) is 1. The summed E-state index contributed by atoms with van der Waals surface area (Å²) >= 11 is 1.49. The molecule has 2 heterocycles. The van der Waals surface area contributed by atoms with Crippen LogP contribution in [0.2, 0.25) is 0 Å². The molecule has 0 bridgehead atoms. The van der Waals surface area contributed by atoms with Gasteiger partial charge in [0.2, 0.25) is 4.96 Å². The molecule has 1 amide bonds. The minimum Gasteiger partial charge on any atom is -0.489 e. The molecule has 0 spiro atoms. The number of aryl methyl sites for hydroxylation is 1. The van der Waals surface area contributed by atoms with E-state index in [1.807, 2.05) is 73.7 Å². The maximum absolute atomic E-state index is 12.6. The summed E-state index contributed by atoms with van der Waals surface area (Å²) in [6.45, 7) is 2.76. The second-order valence-corrected chi connectivity index (χ2v) is 8.49. The third-order valence-corrected chi connectivity index (χ3v) is 6.09. The van der Waals surface area contributed by atoms with Gasteiger partial charge in [-0.3, -0.25) is 4.79 Å². The maximum atomic E-state index is 12.6. The van der Waals surface area contributed by atoms with Gasteiger partial charge in [-0.1, -0.05) is 72.0 Å². The van der Waals surface area contributed by atoms with Crippen LogP contribution in [0.5, 0.6) is 5.75 Å². The third-order valence-electron chi connectivity index (χ3n) is 5.15. The second-order valence-electron chi connectivity index (χ2n) is 7.53. The molecule has 5 rings (SSSR count). The minimum atomic E-state index is -0.145. The average Bonchev–Trinajstić information content (AvgIpc) is 3.44. The van der Waals surface area contributed by atoms with Gasteiger partial charge in [0.05, 0.1) is 0 Å². The number of amides is 1. The van der Waals surface area contributed by atoms with Crippen LogP contribution in [-0.2, 0) is 13.2 Å². The molecule has 0 aliphatic rings. The predicted octanol–water partition coefficient (Wildman–Crippen LogP) is 4.67. The van der Waals surface area contributed by atoms with Crippen LogP contribution in [0, 0.1) is 6.92 Å². The lowest BCUT2D eigenvalue weighted by atomic mass is 10.1. The number of benzene rings is 3. The molecule has 5 aromatic rings. The zero-order valence-electron chi connectivity index (χ0n) is 17.9. The SMILES string of the molecule is Cc1nnc2sc(-c3ccc(CNC(=O)c4cccc(OCc5ccccc5)c4)cc3)nn12. The van der Waals surface area contributed by atoms with Crippen molar-refractivity contribution in [3.63, 3.8) is 0 Å². The number of hydrogen-bond donors (Lipinski definition) is 1. The number of aromatic nitrogens is 4. The number of rotatable bonds is 7. The lowest BCUT2D eigenvalue weighted by molar-refractivity contribution is 0.0950. The van der Waals surface area contributed by atoms with Gasteiger partial charge in [-0.2, -0.15) is 9.61 Å². The molecule has 0 aliphatic carbocycles. The predicted molar refractivity (Wildman–Crippen MR) is 127 cm³/mol. The van der Waals surface area contributed by atoms with E-state index >= 15 is 0 Å². The maximum Gasteiger partial charge on any atom is 0.251 e. The van der Waals surface area contributed by atoms with Gasteiger partial charge in [0.15, 0.2) is 5.82 Å². The summed E-state index contributed by atoms with van der Waals surface area (Å²) < 4.78 is 7.57. The molecule has 0 atom stereocenters. The first-order valence-electron chi connectivity index (χ1n) is 10.5. The Kier molecular flexibility index (Phi) is 5.82. The Morgan fingerprint density at radius 3 is 2.58 bits per heavy atom. The minimum absolute atomic E-state index is 0.145. The molecule has 0 saturated carbocycles. The number of hydrogen-bond acceptors (Lipinski definition) is 6. The average molecular weight is 456 g/mol. The van der Waals surface area contributed by atoms with Crippen molar-refractivity contribution in [2.24, 2.45) is 0 Å². The summed E-state index contributed by atoms with van der Waals surface area (Å²) in [7, 11) is 0. The molecule has 7 nitrogen and oxygen atoms in total. The van der Waals surface area contributed by atoms with Crippen LogP contribution in [0.25, 0.3) is 15.5 Å². The quantitative estimate of drug-likeness (QED) is 0.386. The van der Waals surface area contributed by atoms with Crippen LogP contribution in [0.4, 0.5) is 0 Å². The Morgan fingerprint density at radius 2 is 1.79 bits per heavy atom. The molecule has 2 aromatic heterocycles. The Bertz CT molecular complexity index is 1390. The molecule has 0 saturated heterocycles. The van der Waals surface area contributed by atoms with Crippen LogP contribution < -0.4 is 10.1 Å². The van der Waals surface area contributed by atoms with E-state index in [-0.39, 0.29) is 5.91 Å². The molecule has 0 fully saturated rings. The summed E-state index contributed by atoms with van der Waals surface area (Å²) in [4.78, 5) is 13.4. The highest BCUT2D eigenvalue weighted by atomic mass is 32.1. The summed E-state index contributed by atoms with van der Waals surface area (Å²) in [6.07, 6.45) is 0. The van der Waals surface area contributed by atoms with Crippen LogP contribution in [-0.4, -0.2) is 25.7 Å². The second kappa shape index (κ2) is 9.22. The molecule has 0 aliphatic heterocycles. The zero-order chi connectivity index (χ0) is 22.6. The van der Waals surface area contributed by atoms with Crippen LogP contribution >= 0.6 is 11.3 Å². The van der Waals surface area contributed by atoms with Crippen LogP contribution in [0.1, 0.15) is 27.3 Å². The Labute approximate surface area is 194 Å². The molecular weight excluding hydrogens is 434 g/mol. The van der Waals surface area contributed by atoms with Crippen molar-refractivity contribution in [3.05, 3.63) is 101 Å². The molecule has 3 aromatic carbocycles. The standard InChI is InChI=1S/C25H21N5O2S/c1-17-27-28-25-30(17)29-24(33-25)20-12-10-18(11-13-20)15-26-23(31)21-8-5-9-22(14-21)32-16-19-6-3-2-4-7-19/h2-14H,15-16H2,1H3,(H,26,31). The smallest absolute Gasteiger partial charge is 0.251 e. The highest BCUT2D eigenvalue weighted by Crippen LogP contribution is 2.25. The van der Waals surface area contributed by atoms with E-state index in [0.717, 1.165) is 32.5 Å². The zero-order valence-corrected chi connectivity index (χ0v) is 18.7. The molecule has 1 N–H and O–H groups in total. The van der Waals surface area contributed by atoms with E-state index in [1.165, 1.54) is 11.3 Å². The van der Waals surface area contributed by atoms with Crippen molar-refractivity contribution in [3.8, 4) is 16.3 Å². The monoisotopic (exact) mass is 455 g/mol. The van der Waals surface area contributed by atoms with Gasteiger partial charge in [-0.25, -0.2) is 0 Å². The molecular formula is C25H21N5O2S. The number of ether oxygens (including phenoxy) is 1. The van der Waals surface area contributed by atoms with Gasteiger partial charge in [-0.05, 0) is 36.2 Å². The molecule has 8 heteroatoms. The van der Waals surface area contributed by atoms with E-state index in [2.05, 4.69) is 20.6 Å².